The van der Waals surface area contributed by atoms with E-state index in [1.807, 2.05) is 14.8 Å². The second-order valence-corrected chi connectivity index (χ2v) is 2.31. The Morgan fingerprint density at radius 1 is 1.89 bits per heavy atom. The minimum absolute atomic E-state index is 0.147. The summed E-state index contributed by atoms with van der Waals surface area (Å²) in [4.78, 5) is 1.81. The lowest BCUT2D eigenvalue weighted by Crippen LogP contribution is -2.71. The topological polar surface area (TPSA) is 65.1 Å². The van der Waals surface area contributed by atoms with Gasteiger partial charge in [0.15, 0.2) is 5.96 Å². The van der Waals surface area contributed by atoms with Crippen molar-refractivity contribution >= 4 is 13.8 Å². The summed E-state index contributed by atoms with van der Waals surface area (Å²) in [5.41, 5.74) is 5.25. The number of nitrogens with one attached hydrogen (secondary N) is 2. The van der Waals surface area contributed by atoms with E-state index in [9.17, 15) is 0 Å². The Morgan fingerprint density at radius 3 is 2.56 bits per heavy atom. The van der Waals surface area contributed by atoms with Gasteiger partial charge in [-0.05, 0) is 6.92 Å². The largest absolute Gasteiger partial charge is 0.370 e. The molecular weight excluding hydrogens is 115 g/mol. The lowest BCUT2D eigenvalue weighted by Gasteiger charge is -2.47. The van der Waals surface area contributed by atoms with Crippen LogP contribution in [0.25, 0.3) is 0 Å². The smallest absolute Gasteiger partial charge is 0.190 e. The van der Waals surface area contributed by atoms with Gasteiger partial charge in [0.1, 0.15) is 7.85 Å². The SMILES string of the molecule is BC1NC(C)N1C(=N)N. The maximum Gasteiger partial charge on any atom is 0.190 e. The first-order valence-corrected chi connectivity index (χ1v) is 3.01. The van der Waals surface area contributed by atoms with Crippen molar-refractivity contribution in [3.05, 3.63) is 0 Å². The van der Waals surface area contributed by atoms with E-state index in [2.05, 4.69) is 5.32 Å². The highest BCUT2D eigenvalue weighted by Gasteiger charge is 2.30. The molecule has 0 aromatic carbocycles. The van der Waals surface area contributed by atoms with Crippen molar-refractivity contribution in [3.63, 3.8) is 0 Å². The first-order valence-electron chi connectivity index (χ1n) is 3.01. The number of hydrogen-bond donors (Lipinski definition) is 3. The van der Waals surface area contributed by atoms with E-state index in [-0.39, 0.29) is 18.2 Å². The summed E-state index contributed by atoms with van der Waals surface area (Å²) in [6.07, 6.45) is 0.234. The average molecular weight is 126 g/mol. The fraction of sp³-hybridized carbons (Fsp3) is 0.750. The fourth-order valence-corrected chi connectivity index (χ4v) is 1.18. The minimum atomic E-state index is 0.147. The lowest BCUT2D eigenvalue weighted by molar-refractivity contribution is 0.112. The van der Waals surface area contributed by atoms with E-state index in [0.717, 1.165) is 0 Å². The van der Waals surface area contributed by atoms with E-state index in [0.29, 0.717) is 0 Å². The molecule has 1 aliphatic rings. The van der Waals surface area contributed by atoms with Gasteiger partial charge in [0.25, 0.3) is 0 Å². The van der Waals surface area contributed by atoms with Crippen molar-refractivity contribution in [2.75, 3.05) is 0 Å². The van der Waals surface area contributed by atoms with Crippen LogP contribution in [0.15, 0.2) is 0 Å². The maximum atomic E-state index is 7.08. The molecule has 5 heteroatoms. The van der Waals surface area contributed by atoms with Crippen molar-refractivity contribution in [1.29, 1.82) is 5.41 Å². The predicted octanol–water partition coefficient (Wildman–Crippen LogP) is -1.95. The van der Waals surface area contributed by atoms with E-state index in [4.69, 9.17) is 11.1 Å². The van der Waals surface area contributed by atoms with Gasteiger partial charge in [-0.15, -0.1) is 0 Å². The molecule has 0 aliphatic carbocycles. The summed E-state index contributed by atoms with van der Waals surface area (Å²) in [5, 5.41) is 10.2. The normalized spacial score (nSPS) is 33.7. The summed E-state index contributed by atoms with van der Waals surface area (Å²) in [6, 6.07) is 0.234. The quantitative estimate of drug-likeness (QED) is 0.201. The Bertz CT molecular complexity index is 129. The molecule has 4 N–H and O–H groups in total. The van der Waals surface area contributed by atoms with Crippen LogP contribution in [0.5, 0.6) is 0 Å². The molecule has 0 radical (unpaired) electrons. The van der Waals surface area contributed by atoms with Crippen LogP contribution in [-0.2, 0) is 0 Å². The predicted molar refractivity (Wildman–Crippen MR) is 38.7 cm³/mol. The van der Waals surface area contributed by atoms with E-state index in [1.54, 1.807) is 4.90 Å². The zero-order chi connectivity index (χ0) is 7.02. The molecule has 0 bridgehead atoms. The Balaban J connectivity index is 2.49. The van der Waals surface area contributed by atoms with Gasteiger partial charge in [-0.1, -0.05) is 0 Å². The molecule has 1 saturated heterocycles. The van der Waals surface area contributed by atoms with Gasteiger partial charge in [-0.25, -0.2) is 0 Å². The number of guanidine groups is 1. The maximum absolute atomic E-state index is 7.08. The van der Waals surface area contributed by atoms with Crippen LogP contribution in [0, 0.1) is 5.41 Å². The van der Waals surface area contributed by atoms with Gasteiger partial charge >= 0.3 is 0 Å². The Hall–Kier alpha value is -0.705. The first-order chi connectivity index (χ1) is 4.13. The summed E-state index contributed by atoms with van der Waals surface area (Å²) < 4.78 is 0. The Labute approximate surface area is 55.3 Å². The van der Waals surface area contributed by atoms with Crippen LogP contribution in [0.3, 0.4) is 0 Å². The number of hydrogen-bond acceptors (Lipinski definition) is 2. The monoisotopic (exact) mass is 126 g/mol. The van der Waals surface area contributed by atoms with Gasteiger partial charge in [0.2, 0.25) is 0 Å². The highest BCUT2D eigenvalue weighted by atomic mass is 15.5. The third-order valence-electron chi connectivity index (χ3n) is 1.60. The third-order valence-corrected chi connectivity index (χ3v) is 1.60. The van der Waals surface area contributed by atoms with Gasteiger partial charge < -0.3 is 10.6 Å². The summed E-state index contributed by atoms with van der Waals surface area (Å²) in [7, 11) is 1.97. The molecular formula is C4H11BN4. The van der Waals surface area contributed by atoms with Crippen LogP contribution in [0.1, 0.15) is 6.92 Å². The fourth-order valence-electron chi connectivity index (χ4n) is 1.18. The second kappa shape index (κ2) is 1.91. The molecule has 1 heterocycles. The van der Waals surface area contributed by atoms with Gasteiger partial charge in [-0.2, -0.15) is 0 Å². The van der Waals surface area contributed by atoms with E-state index in [1.165, 1.54) is 0 Å². The van der Waals surface area contributed by atoms with Crippen molar-refractivity contribution in [2.45, 2.75) is 19.2 Å². The van der Waals surface area contributed by atoms with Crippen molar-refractivity contribution in [1.82, 2.24) is 10.2 Å². The Kier molecular flexibility index (Phi) is 1.36. The highest BCUT2D eigenvalue weighted by Crippen LogP contribution is 2.08. The van der Waals surface area contributed by atoms with Crippen LogP contribution in [-0.4, -0.2) is 30.9 Å². The molecule has 0 aromatic rings. The van der Waals surface area contributed by atoms with E-state index >= 15 is 0 Å². The van der Waals surface area contributed by atoms with Crippen LogP contribution in [0.4, 0.5) is 0 Å². The molecule has 0 aromatic heterocycles. The molecule has 0 spiro atoms. The molecule has 9 heavy (non-hydrogen) atoms. The summed E-state index contributed by atoms with van der Waals surface area (Å²) in [6.45, 7) is 1.97. The van der Waals surface area contributed by atoms with Crippen LogP contribution >= 0.6 is 0 Å². The minimum Gasteiger partial charge on any atom is -0.370 e. The molecule has 1 aliphatic heterocycles. The van der Waals surface area contributed by atoms with Gasteiger partial charge in [0.05, 0.1) is 6.17 Å². The Morgan fingerprint density at radius 2 is 2.44 bits per heavy atom. The van der Waals surface area contributed by atoms with Crippen molar-refractivity contribution < 1.29 is 0 Å². The molecule has 1 fully saturated rings. The third kappa shape index (κ3) is 0.874. The lowest BCUT2D eigenvalue weighted by atomic mass is 9.98. The van der Waals surface area contributed by atoms with Crippen molar-refractivity contribution in [3.8, 4) is 0 Å². The standard InChI is InChI=1S/C4H11BN4/c1-2-8-3(5)9(2)4(6)7/h2-3,8H,5H2,1H3,(H3,6,7). The average Bonchev–Trinajstić information content (AvgIpc) is 1.62. The van der Waals surface area contributed by atoms with Crippen molar-refractivity contribution in [2.24, 2.45) is 5.73 Å². The second-order valence-electron chi connectivity index (χ2n) is 2.31. The first kappa shape index (κ1) is 6.42. The van der Waals surface area contributed by atoms with Crippen LogP contribution in [0.2, 0.25) is 0 Å². The number of rotatable bonds is 0. The summed E-state index contributed by atoms with van der Waals surface area (Å²) >= 11 is 0. The molecule has 50 valence electrons. The molecule has 0 saturated carbocycles. The van der Waals surface area contributed by atoms with Gasteiger partial charge in [-0.3, -0.25) is 10.7 Å². The summed E-state index contributed by atoms with van der Waals surface area (Å²) in [5.74, 6) is 0.147. The van der Waals surface area contributed by atoms with Gasteiger partial charge in [0, 0.05) is 6.07 Å². The molecule has 4 nitrogen and oxygen atoms in total. The molecule has 0 amide bonds. The zero-order valence-corrected chi connectivity index (χ0v) is 5.68. The zero-order valence-electron chi connectivity index (χ0n) is 5.68. The number of nitrogens with zero attached hydrogens (tertiary/aromatic N) is 1. The molecule has 1 rings (SSSR count). The highest BCUT2D eigenvalue weighted by molar-refractivity contribution is 6.13. The number of nitrogens with two attached hydrogens (primary N) is 1. The molecule has 2 unspecified atom stereocenters. The molecule has 2 atom stereocenters. The van der Waals surface area contributed by atoms with E-state index < -0.39 is 0 Å². The van der Waals surface area contributed by atoms with Crippen LogP contribution < -0.4 is 11.1 Å².